The first kappa shape index (κ1) is 72.7. The number of nitrogens with zero attached hydrogens (tertiary/aromatic N) is 10. The second kappa shape index (κ2) is 31.9. The largest absolute Gasteiger partial charge is 0.351 e. The van der Waals surface area contributed by atoms with Crippen molar-refractivity contribution in [1.82, 2.24) is 60.2 Å². The van der Waals surface area contributed by atoms with Crippen molar-refractivity contribution >= 4 is 103 Å². The maximum atomic E-state index is 13.2. The van der Waals surface area contributed by atoms with Crippen molar-refractivity contribution in [3.63, 3.8) is 0 Å². The van der Waals surface area contributed by atoms with Crippen LogP contribution in [0.25, 0.3) is 17.1 Å². The minimum Gasteiger partial charge on any atom is -0.351 e. The predicted molar refractivity (Wildman–Crippen MR) is 373 cm³/mol. The van der Waals surface area contributed by atoms with E-state index in [0.29, 0.717) is 52.1 Å². The van der Waals surface area contributed by atoms with Crippen LogP contribution in [0.3, 0.4) is 0 Å². The van der Waals surface area contributed by atoms with Crippen LogP contribution >= 0.6 is 50.7 Å². The average Bonchev–Trinajstić information content (AvgIpc) is 1.58. The van der Waals surface area contributed by atoms with Gasteiger partial charge in [-0.3, -0.25) is 43.2 Å². The van der Waals surface area contributed by atoms with Gasteiger partial charge in [-0.25, -0.2) is 29.0 Å². The molecule has 3 saturated carbocycles. The zero-order valence-corrected chi connectivity index (χ0v) is 58.8. The van der Waals surface area contributed by atoms with Crippen molar-refractivity contribution in [2.24, 2.45) is 17.8 Å². The van der Waals surface area contributed by atoms with E-state index in [0.717, 1.165) is 77.7 Å². The monoisotopic (exact) mass is 1470 g/mol. The molecule has 9 aromatic rings. The Morgan fingerprint density at radius 3 is 1.13 bits per heavy atom. The van der Waals surface area contributed by atoms with Crippen molar-refractivity contribution in [3.05, 3.63) is 227 Å². The molecule has 3 aliphatic carbocycles. The van der Waals surface area contributed by atoms with E-state index in [2.05, 4.69) is 62.1 Å². The van der Waals surface area contributed by atoms with Crippen LogP contribution in [0.15, 0.2) is 133 Å². The fourth-order valence-electron chi connectivity index (χ4n) is 13.1. The number of ketones is 6. The molecule has 3 fully saturated rings. The van der Waals surface area contributed by atoms with E-state index in [9.17, 15) is 47.5 Å². The van der Waals surface area contributed by atoms with Crippen LogP contribution in [0.2, 0.25) is 15.1 Å². The van der Waals surface area contributed by atoms with Crippen molar-refractivity contribution in [2.45, 2.75) is 97.8 Å². The first-order valence-corrected chi connectivity index (χ1v) is 33.8. The molecule has 22 nitrogen and oxygen atoms in total. The number of Topliss-reactive ketones (excluding diaryl/α,β-unsaturated/α-hetero) is 6. The Morgan fingerprint density at radius 1 is 0.500 bits per heavy atom. The topological polar surface area (TPSA) is 306 Å². The Hall–Kier alpha value is -10.1. The van der Waals surface area contributed by atoms with Gasteiger partial charge < -0.3 is 16.0 Å². The van der Waals surface area contributed by atoms with Gasteiger partial charge in [-0.15, -0.1) is 0 Å². The SMILES string of the molecule is Cc1cc(-n2cc(Cl)cn2)cc(C)c1C1C(=O)CC(CCNC(=O)c2ccc(Br)cn2)C1=O.Cc1cc(-n2cc(Cl)cn2)cc(C)c1C1C(=O)CC(CCNC(=O)c2ccc(C#N)cn2)C1=O.Cc1cc(-n2cc(Cl)cn2)cc(C)c1C1C(=O)CC(CCNC(=O)c2cccc(F)n2)C1=O. The normalized spacial score (nSPS) is 17.9. The summed E-state index contributed by atoms with van der Waals surface area (Å²) in [4.78, 5) is 126. The molecule has 3 amide bonds. The van der Waals surface area contributed by atoms with Gasteiger partial charge in [-0.2, -0.15) is 24.9 Å². The van der Waals surface area contributed by atoms with E-state index in [4.69, 9.17) is 40.1 Å². The number of nitriles is 1. The van der Waals surface area contributed by atoms with Crippen molar-refractivity contribution in [3.8, 4) is 23.1 Å². The van der Waals surface area contributed by atoms with Crippen LogP contribution in [-0.4, -0.2) is 116 Å². The lowest BCUT2D eigenvalue weighted by molar-refractivity contribution is -0.126. The lowest BCUT2D eigenvalue weighted by Gasteiger charge is -2.17. The predicted octanol–water partition coefficient (Wildman–Crippen LogP) is 11.6. The molecule has 0 aliphatic heterocycles. The van der Waals surface area contributed by atoms with Gasteiger partial charge in [0.2, 0.25) is 5.95 Å². The number of carbonyl (C=O) groups excluding carboxylic acids is 9. The molecule has 0 spiro atoms. The summed E-state index contributed by atoms with van der Waals surface area (Å²) in [6.07, 6.45) is 14.2. The smallest absolute Gasteiger partial charge is 0.269 e. The van der Waals surface area contributed by atoms with Gasteiger partial charge in [0.25, 0.3) is 17.7 Å². The molecular weight excluding hydrogens is 1410 g/mol. The third-order valence-electron chi connectivity index (χ3n) is 17.8. The molecule has 100 heavy (non-hydrogen) atoms. The standard InChI is InChI=1S/C25H22ClN5O3.C24H22BrClN4O3.C24H22ClFN4O3/c1-14-7-19(31-13-18(26)12-30-31)8-15(2)22(14)23-21(32)9-17(24(23)33)5-6-28-25(34)20-4-3-16(10-27)11-29-20;1-13-7-18(30-12-17(26)11-29-30)8-14(2)21(13)22-20(31)9-15(23(22)32)5-6-27-24(33)19-4-3-16(25)10-28-19;1-13-8-17(30-12-16(25)11-28-30)9-14(2)21(13)22-19(31)10-15(23(22)32)6-7-27-24(33)18-4-3-5-20(26)29-18/h3-4,7-8,11-13,17,23H,5-6,9H2,1-2H3,(H,28,34);3-4,7-8,10-12,15,22H,5-6,9H2,1-2H3,(H,27,33);3-5,8-9,11-12,15,22H,6-7,10H2,1-2H3,(H,27,33). The number of pyridine rings is 3. The first-order valence-electron chi connectivity index (χ1n) is 31.9. The van der Waals surface area contributed by atoms with E-state index in [1.54, 1.807) is 63.4 Å². The van der Waals surface area contributed by atoms with Gasteiger partial charge in [0.1, 0.15) is 58.3 Å². The van der Waals surface area contributed by atoms with E-state index in [-0.39, 0.29) is 90.3 Å². The second-order valence-corrected chi connectivity index (χ2v) is 27.0. The number of aryl methyl sites for hydroxylation is 6. The van der Waals surface area contributed by atoms with E-state index >= 15 is 0 Å². The summed E-state index contributed by atoms with van der Waals surface area (Å²) >= 11 is 21.2. The highest BCUT2D eigenvalue weighted by Crippen LogP contribution is 2.41. The van der Waals surface area contributed by atoms with Gasteiger partial charge >= 0.3 is 0 Å². The average molecular weight is 1470 g/mol. The van der Waals surface area contributed by atoms with Crippen molar-refractivity contribution < 1.29 is 47.5 Å². The number of rotatable bonds is 18. The number of carbonyl (C=O) groups is 9. The molecule has 0 bridgehead atoms. The van der Waals surface area contributed by atoms with Crippen molar-refractivity contribution in [2.75, 3.05) is 19.6 Å². The molecule has 0 radical (unpaired) electrons. The number of benzene rings is 3. The summed E-state index contributed by atoms with van der Waals surface area (Å²) < 4.78 is 18.9. The summed E-state index contributed by atoms with van der Waals surface area (Å²) in [7, 11) is 0. The second-order valence-electron chi connectivity index (χ2n) is 24.8. The maximum Gasteiger partial charge on any atom is 0.269 e. The lowest BCUT2D eigenvalue weighted by atomic mass is 9.87. The molecule has 6 atom stereocenters. The Labute approximate surface area is 597 Å². The molecule has 512 valence electrons. The molecule has 6 heterocycles. The quantitative estimate of drug-likeness (QED) is 0.0531. The van der Waals surface area contributed by atoms with Crippen LogP contribution in [0.5, 0.6) is 0 Å². The summed E-state index contributed by atoms with van der Waals surface area (Å²) in [6, 6.07) is 23.6. The summed E-state index contributed by atoms with van der Waals surface area (Å²) in [6.45, 7) is 12.0. The van der Waals surface area contributed by atoms with Gasteiger partial charge in [-0.1, -0.05) is 40.9 Å². The van der Waals surface area contributed by atoms with Crippen LogP contribution in [-0.2, 0) is 28.8 Å². The third-order valence-corrected chi connectivity index (χ3v) is 18.8. The van der Waals surface area contributed by atoms with Crippen LogP contribution < -0.4 is 16.0 Å². The van der Waals surface area contributed by atoms with Gasteiger partial charge in [0.15, 0.2) is 17.3 Å². The maximum absolute atomic E-state index is 13.2. The first-order chi connectivity index (χ1) is 47.8. The van der Waals surface area contributed by atoms with Gasteiger partial charge in [0, 0.05) is 92.1 Å². The zero-order valence-electron chi connectivity index (χ0n) is 55.0. The lowest BCUT2D eigenvalue weighted by Crippen LogP contribution is -2.28. The molecule has 6 unspecified atom stereocenters. The minimum atomic E-state index is -0.814. The van der Waals surface area contributed by atoms with Crippen molar-refractivity contribution in [1.29, 1.82) is 5.26 Å². The van der Waals surface area contributed by atoms with Crippen LogP contribution in [0.4, 0.5) is 4.39 Å². The van der Waals surface area contributed by atoms with Gasteiger partial charge in [-0.05, 0) is 200 Å². The highest BCUT2D eigenvalue weighted by Gasteiger charge is 2.45. The van der Waals surface area contributed by atoms with Gasteiger partial charge in [0.05, 0.1) is 56.3 Å². The third kappa shape index (κ3) is 16.8. The number of halogens is 5. The van der Waals surface area contributed by atoms with E-state index < -0.39 is 47.4 Å². The Balaban J connectivity index is 0.000000162. The fraction of sp³-hybridized carbons (Fsp3) is 0.288. The highest BCUT2D eigenvalue weighted by atomic mass is 79.9. The van der Waals surface area contributed by atoms with E-state index in [1.165, 1.54) is 36.7 Å². The molecule has 6 aromatic heterocycles. The number of hydrogen-bond donors (Lipinski definition) is 3. The molecule has 3 aliphatic rings. The molecule has 12 rings (SSSR count). The summed E-state index contributed by atoms with van der Waals surface area (Å²) in [5.41, 5.74) is 10.5. The number of nitrogens with one attached hydrogen (secondary N) is 3. The Morgan fingerprint density at radius 2 is 0.840 bits per heavy atom. The fourth-order valence-corrected chi connectivity index (χ4v) is 13.8. The van der Waals surface area contributed by atoms with Crippen LogP contribution in [0.1, 0.15) is 143 Å². The summed E-state index contributed by atoms with van der Waals surface area (Å²) in [5, 5.41) is 31.2. The molecule has 3 aromatic carbocycles. The molecular formula is C73H66BrCl3FN13O9. The zero-order chi connectivity index (χ0) is 71.8. The Kier molecular flexibility index (Phi) is 23.2. The minimum absolute atomic E-state index is 0.0356. The number of hydrogen-bond acceptors (Lipinski definition) is 16. The number of aromatic nitrogens is 9. The van der Waals surface area contributed by atoms with Crippen LogP contribution in [0, 0.1) is 76.6 Å². The molecule has 27 heteroatoms. The molecule has 0 saturated heterocycles. The number of amides is 3. The molecule has 3 N–H and O–H groups in total. The summed E-state index contributed by atoms with van der Waals surface area (Å²) in [5.74, 6) is -6.32. The highest BCUT2D eigenvalue weighted by molar-refractivity contribution is 9.10. The van der Waals surface area contributed by atoms with E-state index in [1.807, 2.05) is 84.0 Å². The Bertz CT molecular complexity index is 4690.